The maximum absolute atomic E-state index is 6.27. The molecule has 0 aliphatic heterocycles. The van der Waals surface area contributed by atoms with E-state index in [1.807, 2.05) is 0 Å². The minimum Gasteiger partial charge on any atom is -0.326 e. The molecule has 0 saturated carbocycles. The van der Waals surface area contributed by atoms with Gasteiger partial charge in [0.2, 0.25) is 0 Å². The summed E-state index contributed by atoms with van der Waals surface area (Å²) < 4.78 is 5.02. The maximum atomic E-state index is 6.27. The third-order valence-corrected chi connectivity index (χ3v) is 5.06. The maximum Gasteiger partial charge on any atom is 0.170 e. The van der Waals surface area contributed by atoms with E-state index in [1.165, 1.54) is 22.7 Å². The largest absolute Gasteiger partial charge is 0.326 e. The van der Waals surface area contributed by atoms with Crippen molar-refractivity contribution in [2.24, 2.45) is 5.73 Å². The smallest absolute Gasteiger partial charge is 0.170 e. The second-order valence-electron chi connectivity index (χ2n) is 4.17. The van der Waals surface area contributed by atoms with Crippen LogP contribution in [-0.4, -0.2) is 15.4 Å². The molecule has 0 amide bonds. The molecular weight excluding hydrogens is 262 g/mol. The molecule has 2 unspecified atom stereocenters. The molecule has 1 aromatic carbocycles. The Kier molecular flexibility index (Phi) is 4.74. The zero-order chi connectivity index (χ0) is 13.0. The SMILES string of the molecule is CCC(N)C(Sc1ncns1)c1ccccc1C. The summed E-state index contributed by atoms with van der Waals surface area (Å²) in [6, 6.07) is 8.54. The summed E-state index contributed by atoms with van der Waals surface area (Å²) in [4.78, 5) is 4.24. The molecule has 5 heteroatoms. The number of benzene rings is 1. The number of hydrogen-bond donors (Lipinski definition) is 1. The van der Waals surface area contributed by atoms with Crippen LogP contribution in [0, 0.1) is 6.92 Å². The zero-order valence-electron chi connectivity index (χ0n) is 10.5. The Morgan fingerprint density at radius 1 is 1.39 bits per heavy atom. The Morgan fingerprint density at radius 3 is 2.78 bits per heavy atom. The first-order valence-corrected chi connectivity index (χ1v) is 7.62. The van der Waals surface area contributed by atoms with Crippen molar-refractivity contribution in [1.82, 2.24) is 9.36 Å². The van der Waals surface area contributed by atoms with E-state index >= 15 is 0 Å². The summed E-state index contributed by atoms with van der Waals surface area (Å²) in [5.74, 6) is 0. The molecule has 2 atom stereocenters. The van der Waals surface area contributed by atoms with Gasteiger partial charge < -0.3 is 5.73 Å². The monoisotopic (exact) mass is 279 g/mol. The van der Waals surface area contributed by atoms with Gasteiger partial charge in [0.1, 0.15) is 6.33 Å². The fourth-order valence-electron chi connectivity index (χ4n) is 1.83. The van der Waals surface area contributed by atoms with E-state index in [0.717, 1.165) is 10.8 Å². The summed E-state index contributed by atoms with van der Waals surface area (Å²) in [6.45, 7) is 4.25. The van der Waals surface area contributed by atoms with Gasteiger partial charge in [-0.15, -0.1) is 0 Å². The van der Waals surface area contributed by atoms with Crippen molar-refractivity contribution in [2.45, 2.75) is 35.9 Å². The fourth-order valence-corrected chi connectivity index (χ4v) is 3.80. The number of thioether (sulfide) groups is 1. The molecule has 18 heavy (non-hydrogen) atoms. The number of aromatic nitrogens is 2. The van der Waals surface area contributed by atoms with Crippen molar-refractivity contribution in [1.29, 1.82) is 0 Å². The van der Waals surface area contributed by atoms with E-state index in [0.29, 0.717) is 0 Å². The average molecular weight is 279 g/mol. The van der Waals surface area contributed by atoms with Crippen LogP contribution in [0.4, 0.5) is 0 Å². The predicted octanol–water partition coefficient (Wildman–Crippen LogP) is 3.42. The minimum absolute atomic E-state index is 0.125. The van der Waals surface area contributed by atoms with Crippen molar-refractivity contribution in [3.05, 3.63) is 41.7 Å². The lowest BCUT2D eigenvalue weighted by Crippen LogP contribution is -2.26. The molecule has 0 radical (unpaired) electrons. The van der Waals surface area contributed by atoms with Gasteiger partial charge in [-0.2, -0.15) is 4.37 Å². The third kappa shape index (κ3) is 3.10. The Balaban J connectivity index is 2.28. The van der Waals surface area contributed by atoms with E-state index in [9.17, 15) is 0 Å². The molecule has 1 aromatic heterocycles. The van der Waals surface area contributed by atoms with Crippen LogP contribution in [0.2, 0.25) is 0 Å². The lowest BCUT2D eigenvalue weighted by molar-refractivity contribution is 0.632. The second kappa shape index (κ2) is 6.31. The summed E-state index contributed by atoms with van der Waals surface area (Å²) >= 11 is 3.14. The Labute approximate surface area is 116 Å². The van der Waals surface area contributed by atoms with Crippen LogP contribution in [0.25, 0.3) is 0 Å². The molecule has 0 aliphatic carbocycles. The van der Waals surface area contributed by atoms with E-state index in [4.69, 9.17) is 5.73 Å². The van der Waals surface area contributed by atoms with Crippen LogP contribution in [0.3, 0.4) is 0 Å². The Morgan fingerprint density at radius 2 is 2.17 bits per heavy atom. The standard InChI is InChI=1S/C13H17N3S2/c1-3-11(14)12(17-13-15-8-16-18-13)10-7-5-4-6-9(10)2/h4-8,11-12H,3,14H2,1-2H3. The molecular formula is C13H17N3S2. The molecule has 96 valence electrons. The Hall–Kier alpha value is -0.910. The molecule has 2 N–H and O–H groups in total. The van der Waals surface area contributed by atoms with Crippen LogP contribution in [0.15, 0.2) is 34.9 Å². The molecule has 0 bridgehead atoms. The summed E-state index contributed by atoms with van der Waals surface area (Å²) in [5.41, 5.74) is 8.85. The molecule has 1 heterocycles. The van der Waals surface area contributed by atoms with Crippen LogP contribution in [0.5, 0.6) is 0 Å². The van der Waals surface area contributed by atoms with Gasteiger partial charge in [-0.05, 0) is 36.0 Å². The molecule has 0 spiro atoms. The molecule has 0 fully saturated rings. The van der Waals surface area contributed by atoms with Crippen molar-refractivity contribution in [2.75, 3.05) is 0 Å². The second-order valence-corrected chi connectivity index (χ2v) is 6.34. The van der Waals surface area contributed by atoms with Gasteiger partial charge >= 0.3 is 0 Å². The lowest BCUT2D eigenvalue weighted by Gasteiger charge is -2.23. The highest BCUT2D eigenvalue weighted by Crippen LogP contribution is 2.39. The van der Waals surface area contributed by atoms with Crippen LogP contribution < -0.4 is 5.73 Å². The highest BCUT2D eigenvalue weighted by Gasteiger charge is 2.22. The van der Waals surface area contributed by atoms with Crippen molar-refractivity contribution < 1.29 is 0 Å². The molecule has 0 saturated heterocycles. The Bertz CT molecular complexity index is 485. The van der Waals surface area contributed by atoms with Gasteiger partial charge in [0, 0.05) is 6.04 Å². The number of hydrogen-bond acceptors (Lipinski definition) is 5. The highest BCUT2D eigenvalue weighted by atomic mass is 32.2. The van der Waals surface area contributed by atoms with Crippen LogP contribution >= 0.6 is 23.3 Å². The van der Waals surface area contributed by atoms with Gasteiger partial charge in [0.15, 0.2) is 4.34 Å². The predicted molar refractivity (Wildman–Crippen MR) is 78.0 cm³/mol. The average Bonchev–Trinajstić information content (AvgIpc) is 2.89. The topological polar surface area (TPSA) is 51.8 Å². The van der Waals surface area contributed by atoms with E-state index in [2.05, 4.69) is 47.5 Å². The van der Waals surface area contributed by atoms with Crippen LogP contribution in [-0.2, 0) is 0 Å². The zero-order valence-corrected chi connectivity index (χ0v) is 12.2. The first-order chi connectivity index (χ1) is 8.72. The summed E-state index contributed by atoms with van der Waals surface area (Å²) in [6.07, 6.45) is 2.55. The first kappa shape index (κ1) is 13.5. The fraction of sp³-hybridized carbons (Fsp3) is 0.385. The van der Waals surface area contributed by atoms with E-state index in [1.54, 1.807) is 18.1 Å². The first-order valence-electron chi connectivity index (χ1n) is 5.96. The van der Waals surface area contributed by atoms with Crippen LogP contribution in [0.1, 0.15) is 29.7 Å². The van der Waals surface area contributed by atoms with Gasteiger partial charge in [-0.25, -0.2) is 4.98 Å². The summed E-state index contributed by atoms with van der Waals surface area (Å²) in [7, 11) is 0. The third-order valence-electron chi connectivity index (χ3n) is 2.92. The molecule has 3 nitrogen and oxygen atoms in total. The van der Waals surface area contributed by atoms with Gasteiger partial charge in [-0.3, -0.25) is 0 Å². The van der Waals surface area contributed by atoms with Crippen molar-refractivity contribution in [3.8, 4) is 0 Å². The molecule has 0 aliphatic rings. The lowest BCUT2D eigenvalue weighted by atomic mass is 10.00. The van der Waals surface area contributed by atoms with E-state index in [-0.39, 0.29) is 11.3 Å². The number of rotatable bonds is 5. The highest BCUT2D eigenvalue weighted by molar-refractivity contribution is 8.01. The molecule has 2 aromatic rings. The van der Waals surface area contributed by atoms with E-state index < -0.39 is 0 Å². The normalized spacial score (nSPS) is 14.4. The van der Waals surface area contributed by atoms with Crippen molar-refractivity contribution in [3.63, 3.8) is 0 Å². The number of nitrogens with zero attached hydrogens (tertiary/aromatic N) is 2. The van der Waals surface area contributed by atoms with Gasteiger partial charge in [0.25, 0.3) is 0 Å². The summed E-state index contributed by atoms with van der Waals surface area (Å²) in [5, 5.41) is 0.240. The van der Waals surface area contributed by atoms with Crippen molar-refractivity contribution >= 4 is 23.3 Å². The van der Waals surface area contributed by atoms with Gasteiger partial charge in [-0.1, -0.05) is 43.0 Å². The molecule has 2 rings (SSSR count). The number of nitrogens with two attached hydrogens (primary N) is 1. The minimum atomic E-state index is 0.125. The number of aryl methyl sites for hydroxylation is 1. The van der Waals surface area contributed by atoms with Gasteiger partial charge in [0.05, 0.1) is 5.25 Å². The quantitative estimate of drug-likeness (QED) is 0.852.